The monoisotopic (exact) mass is 381 g/mol. The van der Waals surface area contributed by atoms with Crippen LogP contribution in [0.1, 0.15) is 96.8 Å². The lowest BCUT2D eigenvalue weighted by Gasteiger charge is -2.36. The normalized spacial score (nSPS) is 16.7. The van der Waals surface area contributed by atoms with Gasteiger partial charge in [0.05, 0.1) is 20.3 Å². The molecule has 1 rings (SSSR count). The molecular weight excluding hydrogens is 336 g/mol. The largest absolute Gasteiger partial charge is 0.370 e. The second kappa shape index (κ2) is 16.1. The summed E-state index contributed by atoms with van der Waals surface area (Å²) in [6, 6.07) is 0. The molecule has 1 N–H and O–H groups in total. The molecule has 0 spiro atoms. The number of nitrogens with zero attached hydrogens (tertiary/aromatic N) is 1. The van der Waals surface area contributed by atoms with Crippen LogP contribution in [0.2, 0.25) is 0 Å². The summed E-state index contributed by atoms with van der Waals surface area (Å²) < 4.78 is 5.99. The van der Waals surface area contributed by atoms with Gasteiger partial charge in [0.1, 0.15) is 13.1 Å². The third-order valence-corrected chi connectivity index (χ3v) is 5.52. The Bertz CT molecular complexity index is 390. The minimum absolute atomic E-state index is 0.192. The molecule has 158 valence electrons. The average molecular weight is 382 g/mol. The molecular formula is C23H45N2O2+. The first-order valence-corrected chi connectivity index (χ1v) is 11.5. The molecule has 1 aliphatic heterocycles. The summed E-state index contributed by atoms with van der Waals surface area (Å²) in [5.41, 5.74) is 3.15. The molecule has 1 amide bonds. The van der Waals surface area contributed by atoms with Crippen LogP contribution in [0.4, 0.5) is 0 Å². The Morgan fingerprint density at radius 3 is 1.96 bits per heavy atom. The van der Waals surface area contributed by atoms with Gasteiger partial charge in [-0.2, -0.15) is 0 Å². The van der Waals surface area contributed by atoms with E-state index in [1.54, 1.807) is 0 Å². The first-order chi connectivity index (χ1) is 13.2. The summed E-state index contributed by atoms with van der Waals surface area (Å²) in [6.45, 7) is 5.50. The lowest BCUT2D eigenvalue weighted by Crippen LogP contribution is -2.62. The van der Waals surface area contributed by atoms with Gasteiger partial charge in [-0.25, -0.2) is 10.0 Å². The van der Waals surface area contributed by atoms with Gasteiger partial charge in [-0.05, 0) is 32.1 Å². The van der Waals surface area contributed by atoms with E-state index in [0.717, 1.165) is 32.7 Å². The van der Waals surface area contributed by atoms with E-state index in [2.05, 4.69) is 31.5 Å². The maximum atomic E-state index is 12.1. The predicted molar refractivity (Wildman–Crippen MR) is 114 cm³/mol. The van der Waals surface area contributed by atoms with Gasteiger partial charge < -0.3 is 4.74 Å². The van der Waals surface area contributed by atoms with Gasteiger partial charge in [-0.3, -0.25) is 4.79 Å². The molecule has 27 heavy (non-hydrogen) atoms. The quantitative estimate of drug-likeness (QED) is 0.217. The molecule has 1 fully saturated rings. The molecule has 0 bridgehead atoms. The van der Waals surface area contributed by atoms with Crippen LogP contribution in [0, 0.1) is 0 Å². The number of likely N-dealkylation sites (N-methyl/N-ethyl adjacent to an activating group) is 1. The van der Waals surface area contributed by atoms with E-state index in [-0.39, 0.29) is 5.91 Å². The van der Waals surface area contributed by atoms with Gasteiger partial charge in [-0.15, -0.1) is 0 Å². The van der Waals surface area contributed by atoms with Crippen molar-refractivity contribution in [3.8, 4) is 0 Å². The van der Waals surface area contributed by atoms with Crippen LogP contribution in [0.3, 0.4) is 0 Å². The molecule has 0 aromatic heterocycles. The van der Waals surface area contributed by atoms with Gasteiger partial charge in [0.25, 0.3) is 5.91 Å². The van der Waals surface area contributed by atoms with E-state index in [1.165, 1.54) is 77.0 Å². The molecule has 0 unspecified atom stereocenters. The van der Waals surface area contributed by atoms with Crippen molar-refractivity contribution in [1.82, 2.24) is 5.43 Å². The summed E-state index contributed by atoms with van der Waals surface area (Å²) in [7, 11) is 2.08. The van der Waals surface area contributed by atoms with Crippen LogP contribution in [-0.4, -0.2) is 43.9 Å². The molecule has 4 heteroatoms. The smallest absolute Gasteiger partial charge is 0.264 e. The number of rotatable bonds is 16. The van der Waals surface area contributed by atoms with Gasteiger partial charge in [0.2, 0.25) is 0 Å². The summed E-state index contributed by atoms with van der Waals surface area (Å²) in [5.74, 6) is 0.192. The van der Waals surface area contributed by atoms with E-state index in [4.69, 9.17) is 4.74 Å². The number of amides is 1. The zero-order valence-corrected chi connectivity index (χ0v) is 18.1. The van der Waals surface area contributed by atoms with Crippen molar-refractivity contribution in [2.75, 3.05) is 33.4 Å². The molecule has 0 aromatic carbocycles. The van der Waals surface area contributed by atoms with E-state index < -0.39 is 0 Å². The number of carbonyl (C=O) groups excluding carboxylic acids is 1. The maximum absolute atomic E-state index is 12.1. The second-order valence-corrected chi connectivity index (χ2v) is 8.32. The molecule has 0 aromatic rings. The lowest BCUT2D eigenvalue weighted by atomic mass is 10.1. The van der Waals surface area contributed by atoms with E-state index >= 15 is 0 Å². The topological polar surface area (TPSA) is 38.3 Å². The lowest BCUT2D eigenvalue weighted by molar-refractivity contribution is -0.950. The van der Waals surface area contributed by atoms with Gasteiger partial charge >= 0.3 is 0 Å². The van der Waals surface area contributed by atoms with Gasteiger partial charge in [0.15, 0.2) is 0 Å². The van der Waals surface area contributed by atoms with Gasteiger partial charge in [-0.1, -0.05) is 70.4 Å². The molecule has 0 saturated carbocycles. The highest BCUT2D eigenvalue weighted by Crippen LogP contribution is 2.10. The summed E-state index contributed by atoms with van der Waals surface area (Å²) in [6.07, 6.45) is 22.2. The van der Waals surface area contributed by atoms with Crippen molar-refractivity contribution in [3.05, 3.63) is 12.2 Å². The molecule has 0 aliphatic carbocycles. The maximum Gasteiger partial charge on any atom is 0.264 e. The molecule has 1 saturated heterocycles. The summed E-state index contributed by atoms with van der Waals surface area (Å²) in [4.78, 5) is 12.1. The van der Waals surface area contributed by atoms with Crippen LogP contribution < -0.4 is 5.43 Å². The number of hydrogen-bond donors (Lipinski definition) is 1. The fourth-order valence-corrected chi connectivity index (χ4v) is 3.57. The third kappa shape index (κ3) is 13.9. The standard InChI is InChI=1S/C23H44N2O2/c1-3-4-5-6-7-8-9-10-11-12-13-14-15-16-17-18-23(26)24-25(2)19-21-27-22-20-25/h10-11H,3-9,12-22H2,1-2H3/p+1/b11-10-. The number of hydrogen-bond acceptors (Lipinski definition) is 2. The van der Waals surface area contributed by atoms with E-state index in [0.29, 0.717) is 11.0 Å². The highest BCUT2D eigenvalue weighted by molar-refractivity contribution is 5.74. The van der Waals surface area contributed by atoms with Crippen molar-refractivity contribution in [3.63, 3.8) is 0 Å². The third-order valence-electron chi connectivity index (χ3n) is 5.52. The SMILES string of the molecule is CCCCCCCC/C=C\CCCCCCCC(=O)N[N+]1(C)CCOCC1. The Hall–Kier alpha value is -0.870. The highest BCUT2D eigenvalue weighted by atomic mass is 16.5. The zero-order valence-electron chi connectivity index (χ0n) is 18.1. The highest BCUT2D eigenvalue weighted by Gasteiger charge is 2.27. The predicted octanol–water partition coefficient (Wildman–Crippen LogP) is 5.53. The first-order valence-electron chi connectivity index (χ1n) is 11.5. The summed E-state index contributed by atoms with van der Waals surface area (Å²) in [5, 5.41) is 0. The minimum atomic E-state index is 0.192. The molecule has 0 atom stereocenters. The van der Waals surface area contributed by atoms with Crippen LogP contribution in [0.15, 0.2) is 12.2 Å². The number of nitrogens with one attached hydrogen (secondary N) is 1. The Balaban J connectivity index is 1.84. The van der Waals surface area contributed by atoms with Crippen molar-refractivity contribution >= 4 is 5.91 Å². The van der Waals surface area contributed by atoms with Crippen LogP contribution in [0.25, 0.3) is 0 Å². The summed E-state index contributed by atoms with van der Waals surface area (Å²) >= 11 is 0. The van der Waals surface area contributed by atoms with E-state index in [1.807, 2.05) is 0 Å². The fraction of sp³-hybridized carbons (Fsp3) is 0.870. The molecule has 1 heterocycles. The number of morpholine rings is 1. The Morgan fingerprint density at radius 1 is 0.852 bits per heavy atom. The van der Waals surface area contributed by atoms with Crippen LogP contribution in [0.5, 0.6) is 0 Å². The molecule has 4 nitrogen and oxygen atoms in total. The zero-order chi connectivity index (χ0) is 19.6. The van der Waals surface area contributed by atoms with Gasteiger partial charge in [0, 0.05) is 6.42 Å². The van der Waals surface area contributed by atoms with Crippen molar-refractivity contribution in [2.24, 2.45) is 0 Å². The fourth-order valence-electron chi connectivity index (χ4n) is 3.57. The van der Waals surface area contributed by atoms with Crippen molar-refractivity contribution < 1.29 is 14.1 Å². The molecule has 0 radical (unpaired) electrons. The van der Waals surface area contributed by atoms with Crippen LogP contribution in [-0.2, 0) is 9.53 Å². The average Bonchev–Trinajstić information content (AvgIpc) is 2.65. The number of allylic oxidation sites excluding steroid dienone is 2. The number of carbonyl (C=O) groups is 1. The number of quaternary nitrogens is 1. The minimum Gasteiger partial charge on any atom is -0.370 e. The Labute approximate surface area is 168 Å². The number of ether oxygens (including phenoxy) is 1. The molecule has 1 aliphatic rings. The number of unbranched alkanes of at least 4 members (excludes halogenated alkanes) is 11. The van der Waals surface area contributed by atoms with Crippen LogP contribution >= 0.6 is 0 Å². The Kier molecular flexibility index (Phi) is 14.4. The van der Waals surface area contributed by atoms with E-state index in [9.17, 15) is 4.79 Å². The first kappa shape index (κ1) is 24.2. The second-order valence-electron chi connectivity index (χ2n) is 8.32. The van der Waals surface area contributed by atoms with Crippen molar-refractivity contribution in [1.29, 1.82) is 0 Å². The Morgan fingerprint density at radius 2 is 1.37 bits per heavy atom. The van der Waals surface area contributed by atoms with Crippen molar-refractivity contribution in [2.45, 2.75) is 96.8 Å².